The van der Waals surface area contributed by atoms with Crippen molar-refractivity contribution in [3.05, 3.63) is 94.0 Å². The molecule has 156 valence electrons. The van der Waals surface area contributed by atoms with E-state index in [-0.39, 0.29) is 18.0 Å². The first-order chi connectivity index (χ1) is 14.3. The fourth-order valence-corrected chi connectivity index (χ4v) is 4.58. The quantitative estimate of drug-likeness (QED) is 0.528. The van der Waals surface area contributed by atoms with E-state index < -0.39 is 15.9 Å². The lowest BCUT2D eigenvalue weighted by Crippen LogP contribution is -2.37. The maximum absolute atomic E-state index is 13.3. The van der Waals surface area contributed by atoms with Crippen LogP contribution in [-0.4, -0.2) is 25.2 Å². The monoisotopic (exact) mass is 462 g/mol. The predicted molar refractivity (Wildman–Crippen MR) is 120 cm³/mol. The second kappa shape index (κ2) is 9.62. The van der Waals surface area contributed by atoms with Crippen LogP contribution in [0.5, 0.6) is 0 Å². The summed E-state index contributed by atoms with van der Waals surface area (Å²) in [6.45, 7) is 1.49. The van der Waals surface area contributed by atoms with Crippen molar-refractivity contribution in [3.8, 4) is 0 Å². The van der Waals surface area contributed by atoms with Crippen molar-refractivity contribution in [1.29, 1.82) is 0 Å². The second-order valence-electron chi connectivity index (χ2n) is 6.74. The number of nitrogens with one attached hydrogen (secondary N) is 1. The summed E-state index contributed by atoms with van der Waals surface area (Å²) in [6.07, 6.45) is 0. The van der Waals surface area contributed by atoms with E-state index in [0.29, 0.717) is 21.3 Å². The number of amides is 1. The number of sulfonamides is 1. The number of carbonyl (C=O) groups excluding carboxylic acids is 1. The van der Waals surface area contributed by atoms with E-state index in [2.05, 4.69) is 5.32 Å². The minimum Gasteiger partial charge on any atom is -0.325 e. The fraction of sp³-hybridized carbons (Fsp3) is 0.136. The van der Waals surface area contributed by atoms with Gasteiger partial charge in [0.25, 0.3) is 0 Å². The molecule has 0 aromatic heterocycles. The Morgan fingerprint density at radius 2 is 1.67 bits per heavy atom. The number of benzene rings is 3. The molecule has 8 heteroatoms. The van der Waals surface area contributed by atoms with Gasteiger partial charge in [0.05, 0.1) is 11.4 Å². The largest absolute Gasteiger partial charge is 0.325 e. The molecule has 3 rings (SSSR count). The van der Waals surface area contributed by atoms with E-state index in [1.807, 2.05) is 25.1 Å². The SMILES string of the molecule is Cc1cccc(NC(=O)CN(Cc2ccccc2Cl)S(=O)(=O)c2ccc(Cl)cc2)c1. The van der Waals surface area contributed by atoms with Crippen LogP contribution in [0.25, 0.3) is 0 Å². The number of carbonyl (C=O) groups is 1. The molecular weight excluding hydrogens is 443 g/mol. The lowest BCUT2D eigenvalue weighted by atomic mass is 10.2. The molecule has 0 unspecified atom stereocenters. The first kappa shape index (κ1) is 22.3. The minimum atomic E-state index is -3.97. The normalized spacial score (nSPS) is 11.5. The van der Waals surface area contributed by atoms with Crippen molar-refractivity contribution in [2.45, 2.75) is 18.4 Å². The molecule has 0 saturated heterocycles. The Kier molecular flexibility index (Phi) is 7.15. The van der Waals surface area contributed by atoms with Gasteiger partial charge in [0.1, 0.15) is 0 Å². The third kappa shape index (κ3) is 5.61. The summed E-state index contributed by atoms with van der Waals surface area (Å²) in [7, 11) is -3.97. The average Bonchev–Trinajstić information content (AvgIpc) is 2.69. The molecule has 1 N–H and O–H groups in total. The van der Waals surface area contributed by atoms with E-state index in [1.54, 1.807) is 30.3 Å². The zero-order valence-electron chi connectivity index (χ0n) is 16.2. The third-order valence-corrected chi connectivity index (χ3v) is 6.80. The number of anilines is 1. The molecule has 30 heavy (non-hydrogen) atoms. The number of hydrogen-bond donors (Lipinski definition) is 1. The van der Waals surface area contributed by atoms with Crippen LogP contribution in [0.4, 0.5) is 5.69 Å². The topological polar surface area (TPSA) is 66.5 Å². The maximum atomic E-state index is 13.3. The van der Waals surface area contributed by atoms with Crippen LogP contribution in [0.1, 0.15) is 11.1 Å². The average molecular weight is 463 g/mol. The molecule has 0 heterocycles. The van der Waals surface area contributed by atoms with Crippen LogP contribution in [-0.2, 0) is 21.4 Å². The van der Waals surface area contributed by atoms with Crippen molar-refractivity contribution >= 4 is 44.8 Å². The zero-order chi connectivity index (χ0) is 21.7. The van der Waals surface area contributed by atoms with Crippen LogP contribution in [0.2, 0.25) is 10.0 Å². The van der Waals surface area contributed by atoms with Crippen molar-refractivity contribution in [2.75, 3.05) is 11.9 Å². The molecule has 0 atom stereocenters. The van der Waals surface area contributed by atoms with E-state index in [9.17, 15) is 13.2 Å². The summed E-state index contributed by atoms with van der Waals surface area (Å²) in [6, 6.07) is 20.0. The van der Waals surface area contributed by atoms with E-state index in [0.717, 1.165) is 9.87 Å². The molecule has 0 aliphatic carbocycles. The Morgan fingerprint density at radius 1 is 0.967 bits per heavy atom. The standard InChI is InChI=1S/C22H20Cl2N2O3S/c1-16-5-4-7-19(13-16)25-22(27)15-26(14-17-6-2-3-8-21(17)24)30(28,29)20-11-9-18(23)10-12-20/h2-13H,14-15H2,1H3,(H,25,27). The zero-order valence-corrected chi connectivity index (χ0v) is 18.5. The van der Waals surface area contributed by atoms with Crippen LogP contribution in [0.15, 0.2) is 77.7 Å². The highest BCUT2D eigenvalue weighted by molar-refractivity contribution is 7.89. The summed E-state index contributed by atoms with van der Waals surface area (Å²) < 4.78 is 27.6. The van der Waals surface area contributed by atoms with Gasteiger partial charge in [-0.15, -0.1) is 0 Å². The number of aryl methyl sites for hydroxylation is 1. The Hall–Kier alpha value is -2.38. The molecule has 0 aliphatic heterocycles. The van der Waals surface area contributed by atoms with Crippen LogP contribution in [0.3, 0.4) is 0 Å². The van der Waals surface area contributed by atoms with Crippen molar-refractivity contribution in [1.82, 2.24) is 4.31 Å². The van der Waals surface area contributed by atoms with Gasteiger partial charge >= 0.3 is 0 Å². The van der Waals surface area contributed by atoms with Gasteiger partial charge in [0.2, 0.25) is 15.9 Å². The molecule has 0 spiro atoms. The van der Waals surface area contributed by atoms with Crippen molar-refractivity contribution < 1.29 is 13.2 Å². The van der Waals surface area contributed by atoms with Gasteiger partial charge in [-0.1, -0.05) is 53.5 Å². The molecule has 0 bridgehead atoms. The summed E-state index contributed by atoms with van der Waals surface area (Å²) in [4.78, 5) is 12.7. The molecule has 0 saturated carbocycles. The Bertz CT molecular complexity index is 1150. The molecule has 3 aromatic carbocycles. The Labute approximate surface area is 186 Å². The number of halogens is 2. The number of rotatable bonds is 7. The molecule has 0 fully saturated rings. The van der Waals surface area contributed by atoms with E-state index in [4.69, 9.17) is 23.2 Å². The van der Waals surface area contributed by atoms with E-state index >= 15 is 0 Å². The number of nitrogens with zero attached hydrogens (tertiary/aromatic N) is 1. The summed E-state index contributed by atoms with van der Waals surface area (Å²) in [5.74, 6) is -0.454. The minimum absolute atomic E-state index is 0.0438. The molecule has 1 amide bonds. The smallest absolute Gasteiger partial charge is 0.243 e. The van der Waals surface area contributed by atoms with Crippen LogP contribution < -0.4 is 5.32 Å². The highest BCUT2D eigenvalue weighted by atomic mass is 35.5. The predicted octanol–water partition coefficient (Wildman–Crippen LogP) is 5.13. The molecule has 3 aromatic rings. The first-order valence-corrected chi connectivity index (χ1v) is 11.3. The highest BCUT2D eigenvalue weighted by Crippen LogP contribution is 2.23. The molecule has 0 radical (unpaired) electrons. The maximum Gasteiger partial charge on any atom is 0.243 e. The third-order valence-electron chi connectivity index (χ3n) is 4.38. The highest BCUT2D eigenvalue weighted by Gasteiger charge is 2.27. The van der Waals surface area contributed by atoms with E-state index in [1.165, 1.54) is 24.3 Å². The summed E-state index contributed by atoms with van der Waals surface area (Å²) in [5.41, 5.74) is 2.18. The van der Waals surface area contributed by atoms with Gasteiger partial charge in [0, 0.05) is 22.3 Å². The summed E-state index contributed by atoms with van der Waals surface area (Å²) >= 11 is 12.1. The lowest BCUT2D eigenvalue weighted by Gasteiger charge is -2.22. The number of hydrogen-bond acceptors (Lipinski definition) is 3. The Balaban J connectivity index is 1.89. The molecule has 5 nitrogen and oxygen atoms in total. The van der Waals surface area contributed by atoms with Crippen LogP contribution in [0, 0.1) is 6.92 Å². The van der Waals surface area contributed by atoms with Crippen molar-refractivity contribution in [2.24, 2.45) is 0 Å². The lowest BCUT2D eigenvalue weighted by molar-refractivity contribution is -0.116. The first-order valence-electron chi connectivity index (χ1n) is 9.11. The van der Waals surface area contributed by atoms with Gasteiger partial charge in [-0.3, -0.25) is 4.79 Å². The Morgan fingerprint density at radius 3 is 2.33 bits per heavy atom. The molecule has 0 aliphatic rings. The van der Waals surface area contributed by atoms with Gasteiger partial charge in [-0.25, -0.2) is 8.42 Å². The summed E-state index contributed by atoms with van der Waals surface area (Å²) in [5, 5.41) is 3.59. The fourth-order valence-electron chi connectivity index (χ4n) is 2.88. The second-order valence-corrected chi connectivity index (χ2v) is 9.52. The van der Waals surface area contributed by atoms with Crippen LogP contribution >= 0.6 is 23.2 Å². The van der Waals surface area contributed by atoms with Gasteiger partial charge in [0.15, 0.2) is 0 Å². The van der Waals surface area contributed by atoms with Gasteiger partial charge in [-0.05, 0) is 60.5 Å². The van der Waals surface area contributed by atoms with Crippen molar-refractivity contribution in [3.63, 3.8) is 0 Å². The van der Waals surface area contributed by atoms with Gasteiger partial charge in [-0.2, -0.15) is 4.31 Å². The van der Waals surface area contributed by atoms with Gasteiger partial charge < -0.3 is 5.32 Å². The molecular formula is C22H20Cl2N2O3S.